The zero-order valence-electron chi connectivity index (χ0n) is 14.3. The molecular weight excluding hydrogens is 342 g/mol. The van der Waals surface area contributed by atoms with Crippen LogP contribution in [0.1, 0.15) is 27.7 Å². The highest BCUT2D eigenvalue weighted by atomic mass is 16.3. The highest BCUT2D eigenvalue weighted by Crippen LogP contribution is 2.36. The van der Waals surface area contributed by atoms with Gasteiger partial charge in [-0.15, -0.1) is 0 Å². The fourth-order valence-corrected chi connectivity index (χ4v) is 3.01. The molecule has 27 heavy (non-hydrogen) atoms. The van der Waals surface area contributed by atoms with Gasteiger partial charge >= 0.3 is 0 Å². The summed E-state index contributed by atoms with van der Waals surface area (Å²) in [5.41, 5.74) is 2.17. The average molecular weight is 359 g/mol. The van der Waals surface area contributed by atoms with Crippen molar-refractivity contribution in [1.82, 2.24) is 5.01 Å². The topological polar surface area (TPSA) is 85.2 Å². The number of rotatable bonds is 3. The summed E-state index contributed by atoms with van der Waals surface area (Å²) in [6, 6.07) is 20.7. The average Bonchev–Trinajstić information content (AvgIpc) is 2.69. The van der Waals surface area contributed by atoms with Gasteiger partial charge in [0.25, 0.3) is 5.91 Å². The summed E-state index contributed by atoms with van der Waals surface area (Å²) in [6.07, 6.45) is 0.742. The molecule has 1 unspecified atom stereocenters. The SMILES string of the molecule is O=C1c2ccccc2NC(c2ccccc2O)N1N=Cc1ccccc1O. The maximum absolute atomic E-state index is 13.0. The number of benzene rings is 3. The highest BCUT2D eigenvalue weighted by molar-refractivity contribution is 6.02. The van der Waals surface area contributed by atoms with E-state index in [0.717, 1.165) is 0 Å². The molecular formula is C21H17N3O3. The lowest BCUT2D eigenvalue weighted by Crippen LogP contribution is -2.39. The second-order valence-corrected chi connectivity index (χ2v) is 6.10. The lowest BCUT2D eigenvalue weighted by molar-refractivity contribution is 0.0689. The van der Waals surface area contributed by atoms with Crippen LogP contribution in [-0.2, 0) is 0 Å². The molecule has 0 radical (unpaired) electrons. The first-order chi connectivity index (χ1) is 13.1. The number of aromatic hydroxyl groups is 2. The van der Waals surface area contributed by atoms with Gasteiger partial charge in [0.2, 0.25) is 0 Å². The predicted octanol–water partition coefficient (Wildman–Crippen LogP) is 3.70. The van der Waals surface area contributed by atoms with Gasteiger partial charge in [0, 0.05) is 16.8 Å². The summed E-state index contributed by atoms with van der Waals surface area (Å²) in [6.45, 7) is 0. The number of carbonyl (C=O) groups excluding carboxylic acids is 1. The summed E-state index contributed by atoms with van der Waals surface area (Å²) in [7, 11) is 0. The van der Waals surface area contributed by atoms with Gasteiger partial charge in [-0.2, -0.15) is 5.10 Å². The minimum Gasteiger partial charge on any atom is -0.508 e. The van der Waals surface area contributed by atoms with Crippen molar-refractivity contribution >= 4 is 17.8 Å². The van der Waals surface area contributed by atoms with Gasteiger partial charge < -0.3 is 15.5 Å². The summed E-state index contributed by atoms with van der Waals surface area (Å²) in [5, 5.41) is 29.1. The number of nitrogens with zero attached hydrogens (tertiary/aromatic N) is 2. The fourth-order valence-electron chi connectivity index (χ4n) is 3.01. The second-order valence-electron chi connectivity index (χ2n) is 6.10. The van der Waals surface area contributed by atoms with Crippen molar-refractivity contribution in [2.45, 2.75) is 6.17 Å². The van der Waals surface area contributed by atoms with Crippen molar-refractivity contribution < 1.29 is 15.0 Å². The number of hydrazone groups is 1. The Kier molecular flexibility index (Phi) is 4.22. The number of para-hydroxylation sites is 3. The molecule has 0 aliphatic carbocycles. The highest BCUT2D eigenvalue weighted by Gasteiger charge is 2.34. The minimum absolute atomic E-state index is 0.0601. The Morgan fingerprint density at radius 1 is 0.889 bits per heavy atom. The molecule has 134 valence electrons. The van der Waals surface area contributed by atoms with Crippen LogP contribution in [0.15, 0.2) is 77.9 Å². The molecule has 0 bridgehead atoms. The summed E-state index contributed by atoms with van der Waals surface area (Å²) >= 11 is 0. The number of amides is 1. The summed E-state index contributed by atoms with van der Waals surface area (Å²) in [5.74, 6) is -0.174. The molecule has 1 aliphatic rings. The van der Waals surface area contributed by atoms with Crippen LogP contribution in [0.4, 0.5) is 5.69 Å². The van der Waals surface area contributed by atoms with Crippen molar-refractivity contribution in [3.8, 4) is 11.5 Å². The third kappa shape index (κ3) is 3.08. The Morgan fingerprint density at radius 2 is 1.56 bits per heavy atom. The molecule has 1 aliphatic heterocycles. The maximum atomic E-state index is 13.0. The molecule has 0 saturated heterocycles. The molecule has 3 N–H and O–H groups in total. The first-order valence-corrected chi connectivity index (χ1v) is 8.44. The van der Waals surface area contributed by atoms with E-state index in [2.05, 4.69) is 10.4 Å². The smallest absolute Gasteiger partial charge is 0.278 e. The number of nitrogens with one attached hydrogen (secondary N) is 1. The largest absolute Gasteiger partial charge is 0.508 e. The predicted molar refractivity (Wildman–Crippen MR) is 103 cm³/mol. The molecule has 6 heteroatoms. The molecule has 1 atom stereocenters. The van der Waals surface area contributed by atoms with Crippen LogP contribution >= 0.6 is 0 Å². The van der Waals surface area contributed by atoms with Crippen LogP contribution in [-0.4, -0.2) is 27.3 Å². The molecule has 0 aromatic heterocycles. The Hall–Kier alpha value is -3.80. The van der Waals surface area contributed by atoms with E-state index in [0.29, 0.717) is 22.4 Å². The van der Waals surface area contributed by atoms with E-state index >= 15 is 0 Å². The molecule has 1 heterocycles. The van der Waals surface area contributed by atoms with Gasteiger partial charge in [-0.1, -0.05) is 42.5 Å². The quantitative estimate of drug-likeness (QED) is 0.623. The molecule has 3 aromatic rings. The molecule has 1 amide bonds. The Balaban J connectivity index is 1.79. The van der Waals surface area contributed by atoms with Crippen molar-refractivity contribution in [3.63, 3.8) is 0 Å². The van der Waals surface area contributed by atoms with Crippen molar-refractivity contribution in [3.05, 3.63) is 89.5 Å². The van der Waals surface area contributed by atoms with E-state index < -0.39 is 6.17 Å². The lowest BCUT2D eigenvalue weighted by atomic mass is 10.0. The van der Waals surface area contributed by atoms with Crippen LogP contribution in [0.2, 0.25) is 0 Å². The molecule has 3 aromatic carbocycles. The van der Waals surface area contributed by atoms with Gasteiger partial charge in [0.15, 0.2) is 6.17 Å². The molecule has 0 saturated carbocycles. The first kappa shape index (κ1) is 16.7. The van der Waals surface area contributed by atoms with Crippen molar-refractivity contribution in [2.75, 3.05) is 5.32 Å². The van der Waals surface area contributed by atoms with E-state index in [1.54, 1.807) is 60.7 Å². The maximum Gasteiger partial charge on any atom is 0.278 e. The molecule has 0 fully saturated rings. The number of phenols is 2. The number of phenolic OH excluding ortho intramolecular Hbond substituents is 2. The Morgan fingerprint density at radius 3 is 2.33 bits per heavy atom. The van der Waals surface area contributed by atoms with Crippen molar-refractivity contribution in [2.24, 2.45) is 5.10 Å². The van der Waals surface area contributed by atoms with Gasteiger partial charge in [-0.25, -0.2) is 5.01 Å². The third-order valence-corrected chi connectivity index (χ3v) is 4.39. The number of fused-ring (bicyclic) bond motifs is 1. The number of hydrogen-bond acceptors (Lipinski definition) is 5. The number of anilines is 1. The van der Waals surface area contributed by atoms with Crippen LogP contribution in [0, 0.1) is 0 Å². The number of hydrogen-bond donors (Lipinski definition) is 3. The van der Waals surface area contributed by atoms with Gasteiger partial charge in [0.1, 0.15) is 11.5 Å². The fraction of sp³-hybridized carbons (Fsp3) is 0.0476. The van der Waals surface area contributed by atoms with Crippen LogP contribution in [0.5, 0.6) is 11.5 Å². The van der Waals surface area contributed by atoms with Gasteiger partial charge in [-0.3, -0.25) is 4.79 Å². The molecule has 4 rings (SSSR count). The Labute approximate surface area is 156 Å². The standard InChI is InChI=1S/C21H17N3O3/c25-18-11-5-1-7-14(18)13-22-24-20(16-9-3-6-12-19(16)26)23-17-10-4-2-8-15(17)21(24)27/h1-13,20,23,25-26H. The van der Waals surface area contributed by atoms with E-state index in [1.807, 2.05) is 12.1 Å². The normalized spacial score (nSPS) is 16.2. The van der Waals surface area contributed by atoms with E-state index in [-0.39, 0.29) is 17.4 Å². The third-order valence-electron chi connectivity index (χ3n) is 4.39. The van der Waals surface area contributed by atoms with Crippen LogP contribution in [0.3, 0.4) is 0 Å². The molecule has 0 spiro atoms. The zero-order valence-corrected chi connectivity index (χ0v) is 14.3. The Bertz CT molecular complexity index is 1030. The van der Waals surface area contributed by atoms with Gasteiger partial charge in [-0.05, 0) is 30.3 Å². The summed E-state index contributed by atoms with van der Waals surface area (Å²) in [4.78, 5) is 13.0. The zero-order chi connectivity index (χ0) is 18.8. The monoisotopic (exact) mass is 359 g/mol. The lowest BCUT2D eigenvalue weighted by Gasteiger charge is -2.34. The molecule has 6 nitrogen and oxygen atoms in total. The van der Waals surface area contributed by atoms with Crippen molar-refractivity contribution in [1.29, 1.82) is 0 Å². The van der Waals surface area contributed by atoms with Crippen LogP contribution in [0.25, 0.3) is 0 Å². The van der Waals surface area contributed by atoms with E-state index in [4.69, 9.17) is 0 Å². The second kappa shape index (κ2) is 6.84. The minimum atomic E-state index is -0.685. The van der Waals surface area contributed by atoms with Crippen LogP contribution < -0.4 is 5.32 Å². The number of carbonyl (C=O) groups is 1. The first-order valence-electron chi connectivity index (χ1n) is 8.44. The van der Waals surface area contributed by atoms with E-state index in [1.165, 1.54) is 11.2 Å². The van der Waals surface area contributed by atoms with E-state index in [9.17, 15) is 15.0 Å². The summed E-state index contributed by atoms with van der Waals surface area (Å²) < 4.78 is 0. The van der Waals surface area contributed by atoms with Gasteiger partial charge in [0.05, 0.1) is 11.8 Å².